The number of rotatable bonds is 4. The van der Waals surface area contributed by atoms with Crippen molar-refractivity contribution in [2.75, 3.05) is 13.2 Å². The van der Waals surface area contributed by atoms with Crippen LogP contribution in [0.5, 0.6) is 0 Å². The number of aryl methyl sites for hydroxylation is 1. The number of hydrogen-bond acceptors (Lipinski definition) is 6. The summed E-state index contributed by atoms with van der Waals surface area (Å²) in [5.74, 6) is -0.199. The van der Waals surface area contributed by atoms with Crippen molar-refractivity contribution in [1.82, 2.24) is 4.90 Å². The molecule has 0 saturated carbocycles. The van der Waals surface area contributed by atoms with E-state index in [2.05, 4.69) is 4.99 Å². The third-order valence-electron chi connectivity index (χ3n) is 4.47. The third-order valence-corrected chi connectivity index (χ3v) is 5.48. The van der Waals surface area contributed by atoms with Gasteiger partial charge in [-0.15, -0.1) is 0 Å². The topological polar surface area (TPSA) is 83.1 Å². The van der Waals surface area contributed by atoms with Crippen LogP contribution < -0.4 is 5.63 Å². The van der Waals surface area contributed by atoms with Gasteiger partial charge in [-0.1, -0.05) is 30.3 Å². The zero-order valence-electron chi connectivity index (χ0n) is 15.7. The maximum absolute atomic E-state index is 12.8. The largest absolute Gasteiger partial charge is 0.423 e. The van der Waals surface area contributed by atoms with Gasteiger partial charge in [0.1, 0.15) is 5.58 Å². The number of amides is 1. The van der Waals surface area contributed by atoms with Gasteiger partial charge in [-0.3, -0.25) is 9.69 Å². The third kappa shape index (κ3) is 4.01. The molecule has 4 rings (SSSR count). The van der Waals surface area contributed by atoms with Crippen LogP contribution in [0.1, 0.15) is 11.1 Å². The van der Waals surface area contributed by atoms with E-state index in [0.29, 0.717) is 21.3 Å². The molecule has 1 aliphatic heterocycles. The summed E-state index contributed by atoms with van der Waals surface area (Å²) in [6.45, 7) is 1.83. The number of β-amino-alcohol motifs (C(OH)–C–C–N with tert-alkyl or cyclic N) is 1. The maximum Gasteiger partial charge on any atom is 0.336 e. The van der Waals surface area contributed by atoms with Crippen LogP contribution in [0.2, 0.25) is 0 Å². The summed E-state index contributed by atoms with van der Waals surface area (Å²) in [6, 6.07) is 16.3. The minimum Gasteiger partial charge on any atom is -0.423 e. The maximum atomic E-state index is 12.8. The average Bonchev–Trinajstić information content (AvgIpc) is 2.97. The Morgan fingerprint density at radius 2 is 1.93 bits per heavy atom. The van der Waals surface area contributed by atoms with Crippen LogP contribution in [-0.4, -0.2) is 34.2 Å². The second kappa shape index (κ2) is 8.06. The van der Waals surface area contributed by atoms with E-state index in [4.69, 9.17) is 4.42 Å². The van der Waals surface area contributed by atoms with E-state index in [1.807, 2.05) is 55.5 Å². The number of benzene rings is 2. The van der Waals surface area contributed by atoms with Crippen LogP contribution in [0, 0.1) is 6.92 Å². The van der Waals surface area contributed by atoms with E-state index in [-0.39, 0.29) is 19.1 Å². The summed E-state index contributed by atoms with van der Waals surface area (Å²) in [5.41, 5.74) is 2.33. The summed E-state index contributed by atoms with van der Waals surface area (Å²) >= 11 is 1.25. The smallest absolute Gasteiger partial charge is 0.336 e. The Balaban J connectivity index is 1.73. The number of fused-ring (bicyclic) bond motifs is 1. The van der Waals surface area contributed by atoms with E-state index >= 15 is 0 Å². The first-order valence-corrected chi connectivity index (χ1v) is 9.87. The Labute approximate surface area is 171 Å². The van der Waals surface area contributed by atoms with Gasteiger partial charge in [-0.2, -0.15) is 0 Å². The van der Waals surface area contributed by atoms with Gasteiger partial charge in [0.2, 0.25) is 0 Å². The standard InChI is InChI=1S/C22H18N2O4S/c1-14-11-20(26)28-18-13-16(7-8-17(14)18)23-22-24(9-10-25)21(27)19(29-22)12-15-5-3-2-4-6-15/h2-8,11-13,25H,9-10H2,1H3/b19-12-,23-22?. The molecule has 3 aromatic rings. The summed E-state index contributed by atoms with van der Waals surface area (Å²) in [5, 5.41) is 10.7. The van der Waals surface area contributed by atoms with Gasteiger partial charge in [0.25, 0.3) is 5.91 Å². The summed E-state index contributed by atoms with van der Waals surface area (Å²) in [6.07, 6.45) is 1.81. The molecule has 146 valence electrons. The number of nitrogens with zero attached hydrogens (tertiary/aromatic N) is 2. The fourth-order valence-corrected chi connectivity index (χ4v) is 4.11. The van der Waals surface area contributed by atoms with Crippen molar-refractivity contribution in [2.45, 2.75) is 6.92 Å². The SMILES string of the molecule is Cc1cc(=O)oc2cc(N=C3S/C(=C\c4ccccc4)C(=O)N3CCO)ccc12. The average molecular weight is 406 g/mol. The van der Waals surface area contributed by atoms with E-state index in [1.165, 1.54) is 22.7 Å². The Morgan fingerprint density at radius 1 is 1.14 bits per heavy atom. The zero-order chi connectivity index (χ0) is 20.4. The van der Waals surface area contributed by atoms with Gasteiger partial charge in [-0.05, 0) is 48.0 Å². The predicted molar refractivity (Wildman–Crippen MR) is 115 cm³/mol. The second-order valence-electron chi connectivity index (χ2n) is 6.53. The number of thioether (sulfide) groups is 1. The number of carbonyl (C=O) groups excluding carboxylic acids is 1. The van der Waals surface area contributed by atoms with Crippen LogP contribution in [0.15, 0.2) is 73.7 Å². The molecule has 29 heavy (non-hydrogen) atoms. The highest BCUT2D eigenvalue weighted by Gasteiger charge is 2.33. The number of aliphatic hydroxyl groups is 1. The quantitative estimate of drug-likeness (QED) is 0.528. The van der Waals surface area contributed by atoms with Crippen molar-refractivity contribution < 1.29 is 14.3 Å². The van der Waals surface area contributed by atoms with Crippen molar-refractivity contribution in [2.24, 2.45) is 4.99 Å². The molecule has 1 aliphatic rings. The molecule has 1 aromatic heterocycles. The molecule has 0 bridgehead atoms. The highest BCUT2D eigenvalue weighted by molar-refractivity contribution is 8.18. The van der Waals surface area contributed by atoms with Crippen molar-refractivity contribution in [3.8, 4) is 0 Å². The summed E-state index contributed by atoms with van der Waals surface area (Å²) in [7, 11) is 0. The summed E-state index contributed by atoms with van der Waals surface area (Å²) in [4.78, 5) is 31.0. The van der Waals surface area contributed by atoms with Crippen LogP contribution >= 0.6 is 11.8 Å². The Kier molecular flexibility index (Phi) is 5.33. The molecule has 0 radical (unpaired) electrons. The van der Waals surface area contributed by atoms with Gasteiger partial charge in [-0.25, -0.2) is 9.79 Å². The van der Waals surface area contributed by atoms with Crippen LogP contribution in [0.25, 0.3) is 17.0 Å². The molecular formula is C22H18N2O4S. The summed E-state index contributed by atoms with van der Waals surface area (Å²) < 4.78 is 5.28. The molecule has 0 unspecified atom stereocenters. The molecule has 6 nitrogen and oxygen atoms in total. The highest BCUT2D eigenvalue weighted by Crippen LogP contribution is 2.34. The normalized spacial score (nSPS) is 17.0. The van der Waals surface area contributed by atoms with Gasteiger partial charge in [0, 0.05) is 17.5 Å². The minimum atomic E-state index is -0.416. The Bertz CT molecular complexity index is 1200. The highest BCUT2D eigenvalue weighted by atomic mass is 32.2. The molecule has 1 saturated heterocycles. The first-order chi connectivity index (χ1) is 14.0. The lowest BCUT2D eigenvalue weighted by Crippen LogP contribution is -2.31. The molecular weight excluding hydrogens is 388 g/mol. The van der Waals surface area contributed by atoms with Crippen LogP contribution in [0.4, 0.5) is 5.69 Å². The molecule has 0 aliphatic carbocycles. The lowest BCUT2D eigenvalue weighted by molar-refractivity contribution is -0.122. The number of amidine groups is 1. The number of aliphatic hydroxyl groups excluding tert-OH is 1. The Hall–Kier alpha value is -3.16. The second-order valence-corrected chi connectivity index (χ2v) is 7.53. The number of carbonyl (C=O) groups is 1. The molecule has 1 N–H and O–H groups in total. The molecule has 1 amide bonds. The molecule has 0 atom stereocenters. The first-order valence-electron chi connectivity index (χ1n) is 9.06. The van der Waals surface area contributed by atoms with E-state index in [9.17, 15) is 14.7 Å². The van der Waals surface area contributed by atoms with E-state index < -0.39 is 5.63 Å². The van der Waals surface area contributed by atoms with Crippen molar-refractivity contribution >= 4 is 45.6 Å². The van der Waals surface area contributed by atoms with Gasteiger partial charge < -0.3 is 9.52 Å². The van der Waals surface area contributed by atoms with Crippen molar-refractivity contribution in [3.63, 3.8) is 0 Å². The Morgan fingerprint density at radius 3 is 2.69 bits per heavy atom. The molecule has 2 aromatic carbocycles. The molecule has 1 fully saturated rings. The monoisotopic (exact) mass is 406 g/mol. The lowest BCUT2D eigenvalue weighted by Gasteiger charge is -2.13. The predicted octanol–water partition coefficient (Wildman–Crippen LogP) is 3.70. The molecule has 0 spiro atoms. The van der Waals surface area contributed by atoms with Crippen LogP contribution in [0.3, 0.4) is 0 Å². The number of hydrogen-bond donors (Lipinski definition) is 1. The van der Waals surface area contributed by atoms with Crippen LogP contribution in [-0.2, 0) is 4.79 Å². The molecule has 7 heteroatoms. The minimum absolute atomic E-state index is 0.151. The van der Waals surface area contributed by atoms with Crippen molar-refractivity contribution in [3.05, 3.63) is 81.0 Å². The fraction of sp³-hybridized carbons (Fsp3) is 0.136. The van der Waals surface area contributed by atoms with E-state index in [0.717, 1.165) is 16.5 Å². The zero-order valence-corrected chi connectivity index (χ0v) is 16.5. The lowest BCUT2D eigenvalue weighted by atomic mass is 10.1. The number of aliphatic imine (C=N–C) groups is 1. The van der Waals surface area contributed by atoms with Gasteiger partial charge in [0.05, 0.1) is 23.7 Å². The fourth-order valence-electron chi connectivity index (χ4n) is 3.08. The molecule has 2 heterocycles. The van der Waals surface area contributed by atoms with E-state index in [1.54, 1.807) is 6.07 Å². The first kappa shape index (κ1) is 19.2. The van der Waals surface area contributed by atoms with Gasteiger partial charge in [0.15, 0.2) is 5.17 Å². The van der Waals surface area contributed by atoms with Gasteiger partial charge >= 0.3 is 5.63 Å². The van der Waals surface area contributed by atoms with Crippen molar-refractivity contribution in [1.29, 1.82) is 0 Å².